The minimum Gasteiger partial charge on any atom is -0.313 e. The molecule has 1 heterocycles. The van der Waals surface area contributed by atoms with Crippen molar-refractivity contribution in [1.29, 1.82) is 0 Å². The molecule has 0 radical (unpaired) electrons. The van der Waals surface area contributed by atoms with Crippen molar-refractivity contribution in [3.05, 3.63) is 0 Å². The maximum absolute atomic E-state index is 11.8. The minimum atomic E-state index is -3.13. The van der Waals surface area contributed by atoms with Gasteiger partial charge in [-0.05, 0) is 40.3 Å². The fraction of sp³-hybridized carbons (Fsp3) is 1.00. The summed E-state index contributed by atoms with van der Waals surface area (Å²) in [5.74, 6) is 0.207. The number of hydrogen-bond acceptors (Lipinski definition) is 4. The summed E-state index contributed by atoms with van der Waals surface area (Å²) >= 11 is 0. The van der Waals surface area contributed by atoms with Crippen LogP contribution in [0.25, 0.3) is 0 Å². The first-order valence-corrected chi connectivity index (χ1v) is 7.97. The van der Waals surface area contributed by atoms with Crippen LogP contribution in [0.2, 0.25) is 0 Å². The quantitative estimate of drug-likeness (QED) is 0.679. The van der Waals surface area contributed by atoms with E-state index in [1.807, 2.05) is 7.05 Å². The third-order valence-corrected chi connectivity index (χ3v) is 4.74. The van der Waals surface area contributed by atoms with Crippen molar-refractivity contribution in [2.45, 2.75) is 38.8 Å². The van der Waals surface area contributed by atoms with Crippen molar-refractivity contribution >= 4 is 10.0 Å². The van der Waals surface area contributed by atoms with Crippen molar-refractivity contribution < 1.29 is 8.42 Å². The molecule has 6 heteroatoms. The summed E-state index contributed by atoms with van der Waals surface area (Å²) in [6.07, 6.45) is 2.04. The first kappa shape index (κ1) is 14.9. The molecule has 1 aliphatic rings. The summed E-state index contributed by atoms with van der Waals surface area (Å²) in [6.45, 7) is 6.36. The monoisotopic (exact) mass is 263 g/mol. The molecule has 1 saturated heterocycles. The van der Waals surface area contributed by atoms with Gasteiger partial charge < -0.3 is 10.2 Å². The van der Waals surface area contributed by atoms with Crippen LogP contribution in [0, 0.1) is 0 Å². The van der Waals surface area contributed by atoms with Crippen LogP contribution < -0.4 is 10.0 Å². The average molecular weight is 263 g/mol. The Balaban J connectivity index is 2.24. The van der Waals surface area contributed by atoms with E-state index in [1.54, 1.807) is 0 Å². The van der Waals surface area contributed by atoms with Crippen LogP contribution in [-0.2, 0) is 10.0 Å². The number of nitrogens with zero attached hydrogens (tertiary/aromatic N) is 1. The van der Waals surface area contributed by atoms with Crippen LogP contribution in [0.4, 0.5) is 0 Å². The summed E-state index contributed by atoms with van der Waals surface area (Å²) in [5, 5.41) is 3.20. The standard InChI is InChI=1S/C11H25N3O2S/c1-10(2)14(3)8-7-13-17(15,16)9-11-5-4-6-12-11/h10-13H,4-9H2,1-3H3. The maximum atomic E-state index is 11.8. The van der Waals surface area contributed by atoms with Gasteiger partial charge in [0.05, 0.1) is 5.75 Å². The summed E-state index contributed by atoms with van der Waals surface area (Å²) < 4.78 is 26.2. The molecule has 2 N–H and O–H groups in total. The van der Waals surface area contributed by atoms with E-state index in [-0.39, 0.29) is 11.8 Å². The molecule has 0 saturated carbocycles. The largest absolute Gasteiger partial charge is 0.313 e. The van der Waals surface area contributed by atoms with Crippen molar-refractivity contribution in [3.63, 3.8) is 0 Å². The van der Waals surface area contributed by atoms with E-state index in [4.69, 9.17) is 0 Å². The van der Waals surface area contributed by atoms with Crippen LogP contribution in [0.15, 0.2) is 0 Å². The predicted octanol–water partition coefficient (Wildman–Crippen LogP) is -0.00200. The van der Waals surface area contributed by atoms with Crippen LogP contribution in [0.5, 0.6) is 0 Å². The molecular formula is C11H25N3O2S. The van der Waals surface area contributed by atoms with E-state index < -0.39 is 10.0 Å². The summed E-state index contributed by atoms with van der Waals surface area (Å²) in [7, 11) is -1.13. The highest BCUT2D eigenvalue weighted by molar-refractivity contribution is 7.89. The van der Waals surface area contributed by atoms with E-state index in [0.29, 0.717) is 12.6 Å². The molecule has 0 aromatic heterocycles. The van der Waals surface area contributed by atoms with Gasteiger partial charge in [0.1, 0.15) is 0 Å². The van der Waals surface area contributed by atoms with Crippen molar-refractivity contribution in [2.24, 2.45) is 0 Å². The lowest BCUT2D eigenvalue weighted by atomic mass is 10.3. The van der Waals surface area contributed by atoms with Crippen molar-refractivity contribution in [1.82, 2.24) is 14.9 Å². The lowest BCUT2D eigenvalue weighted by Gasteiger charge is -2.21. The summed E-state index contributed by atoms with van der Waals surface area (Å²) in [5.41, 5.74) is 0. The molecule has 102 valence electrons. The van der Waals surface area contributed by atoms with Gasteiger partial charge in [0.25, 0.3) is 0 Å². The minimum absolute atomic E-state index is 0.135. The molecular weight excluding hydrogens is 238 g/mol. The zero-order chi connectivity index (χ0) is 12.9. The lowest BCUT2D eigenvalue weighted by molar-refractivity contribution is 0.278. The summed E-state index contributed by atoms with van der Waals surface area (Å²) in [6, 6.07) is 0.575. The molecule has 1 fully saturated rings. The van der Waals surface area contributed by atoms with Gasteiger partial charge in [0, 0.05) is 25.2 Å². The second kappa shape index (κ2) is 6.68. The van der Waals surface area contributed by atoms with Crippen molar-refractivity contribution in [2.75, 3.05) is 32.4 Å². The van der Waals surface area contributed by atoms with Gasteiger partial charge >= 0.3 is 0 Å². The maximum Gasteiger partial charge on any atom is 0.213 e. The zero-order valence-electron chi connectivity index (χ0n) is 11.1. The fourth-order valence-electron chi connectivity index (χ4n) is 1.86. The number of hydrogen-bond donors (Lipinski definition) is 2. The van der Waals surface area contributed by atoms with E-state index in [2.05, 4.69) is 28.8 Å². The molecule has 5 nitrogen and oxygen atoms in total. The van der Waals surface area contributed by atoms with Gasteiger partial charge in [-0.3, -0.25) is 0 Å². The van der Waals surface area contributed by atoms with Crippen LogP contribution in [0.3, 0.4) is 0 Å². The van der Waals surface area contributed by atoms with Gasteiger partial charge in [-0.25, -0.2) is 13.1 Å². The second-order valence-electron chi connectivity index (χ2n) is 5.04. The molecule has 1 unspecified atom stereocenters. The Bertz CT molecular complexity index is 311. The second-order valence-corrected chi connectivity index (χ2v) is 6.89. The van der Waals surface area contributed by atoms with Gasteiger partial charge in [-0.15, -0.1) is 0 Å². The molecule has 0 aliphatic carbocycles. The molecule has 0 spiro atoms. The molecule has 0 bridgehead atoms. The van der Waals surface area contributed by atoms with Crippen LogP contribution in [-0.4, -0.2) is 57.8 Å². The molecule has 0 aromatic rings. The molecule has 0 aromatic carbocycles. The first-order valence-electron chi connectivity index (χ1n) is 6.31. The van der Waals surface area contributed by atoms with Gasteiger partial charge in [-0.1, -0.05) is 0 Å². The smallest absolute Gasteiger partial charge is 0.213 e. The molecule has 1 rings (SSSR count). The van der Waals surface area contributed by atoms with Crippen LogP contribution >= 0.6 is 0 Å². The Kier molecular flexibility index (Phi) is 5.85. The molecule has 1 atom stereocenters. The zero-order valence-corrected chi connectivity index (χ0v) is 11.9. The third-order valence-electron chi connectivity index (χ3n) is 3.25. The van der Waals surface area contributed by atoms with E-state index in [0.717, 1.165) is 25.9 Å². The van der Waals surface area contributed by atoms with Gasteiger partial charge in [-0.2, -0.15) is 0 Å². The fourth-order valence-corrected chi connectivity index (χ4v) is 3.19. The van der Waals surface area contributed by atoms with E-state index >= 15 is 0 Å². The number of likely N-dealkylation sites (N-methyl/N-ethyl adjacent to an activating group) is 1. The Morgan fingerprint density at radius 3 is 2.71 bits per heavy atom. The average Bonchev–Trinajstić information content (AvgIpc) is 2.68. The van der Waals surface area contributed by atoms with E-state index in [1.165, 1.54) is 0 Å². The topological polar surface area (TPSA) is 61.4 Å². The van der Waals surface area contributed by atoms with Gasteiger partial charge in [0.15, 0.2) is 0 Å². The molecule has 1 aliphatic heterocycles. The highest BCUT2D eigenvalue weighted by Crippen LogP contribution is 2.06. The first-order chi connectivity index (χ1) is 7.91. The number of sulfonamides is 1. The highest BCUT2D eigenvalue weighted by atomic mass is 32.2. The Morgan fingerprint density at radius 1 is 1.47 bits per heavy atom. The number of nitrogens with one attached hydrogen (secondary N) is 2. The third kappa shape index (κ3) is 5.81. The number of rotatable bonds is 7. The Morgan fingerprint density at radius 2 is 2.18 bits per heavy atom. The summed E-state index contributed by atoms with van der Waals surface area (Å²) in [4.78, 5) is 2.12. The van der Waals surface area contributed by atoms with E-state index in [9.17, 15) is 8.42 Å². The lowest BCUT2D eigenvalue weighted by Crippen LogP contribution is -2.40. The molecule has 0 amide bonds. The highest BCUT2D eigenvalue weighted by Gasteiger charge is 2.21. The normalized spacial score (nSPS) is 21.6. The van der Waals surface area contributed by atoms with Gasteiger partial charge in [0.2, 0.25) is 10.0 Å². The SMILES string of the molecule is CC(C)N(C)CCNS(=O)(=O)CC1CCCN1. The van der Waals surface area contributed by atoms with Crippen LogP contribution in [0.1, 0.15) is 26.7 Å². The predicted molar refractivity (Wildman–Crippen MR) is 70.6 cm³/mol. The Labute approximate surface area is 105 Å². The Hall–Kier alpha value is -0.170. The van der Waals surface area contributed by atoms with Crippen molar-refractivity contribution in [3.8, 4) is 0 Å². The molecule has 17 heavy (non-hydrogen) atoms.